The Labute approximate surface area is 117 Å². The van der Waals surface area contributed by atoms with Crippen LogP contribution in [-0.2, 0) is 4.79 Å². The molecule has 0 fully saturated rings. The van der Waals surface area contributed by atoms with Crippen LogP contribution in [0.15, 0.2) is 30.4 Å². The third-order valence-electron chi connectivity index (χ3n) is 2.16. The standard InChI is InChI=1S/C13H16Cl2N2O/c1-9(2)7-17(3)8-13(18)16-10-4-5-11(14)12(15)6-10/h4-6H,1,7-8H2,2-3H3,(H,16,18). The zero-order valence-electron chi connectivity index (χ0n) is 10.5. The van der Waals surface area contributed by atoms with Crippen LogP contribution in [0.5, 0.6) is 0 Å². The van der Waals surface area contributed by atoms with Crippen LogP contribution < -0.4 is 5.32 Å². The summed E-state index contributed by atoms with van der Waals surface area (Å²) in [7, 11) is 1.86. The summed E-state index contributed by atoms with van der Waals surface area (Å²) in [6, 6.07) is 4.99. The molecule has 1 rings (SSSR count). The lowest BCUT2D eigenvalue weighted by atomic mass is 10.3. The van der Waals surface area contributed by atoms with E-state index in [2.05, 4.69) is 11.9 Å². The van der Waals surface area contributed by atoms with E-state index in [-0.39, 0.29) is 5.91 Å². The summed E-state index contributed by atoms with van der Waals surface area (Å²) in [6.07, 6.45) is 0. The van der Waals surface area contributed by atoms with Crippen LogP contribution in [0.4, 0.5) is 5.69 Å². The van der Waals surface area contributed by atoms with Crippen LogP contribution in [0.2, 0.25) is 10.0 Å². The molecule has 0 saturated heterocycles. The lowest BCUT2D eigenvalue weighted by Gasteiger charge is -2.16. The van der Waals surface area contributed by atoms with E-state index in [1.807, 2.05) is 18.9 Å². The van der Waals surface area contributed by atoms with Gasteiger partial charge in [-0.3, -0.25) is 9.69 Å². The molecule has 1 aromatic rings. The van der Waals surface area contributed by atoms with Gasteiger partial charge in [-0.1, -0.05) is 35.4 Å². The van der Waals surface area contributed by atoms with Gasteiger partial charge >= 0.3 is 0 Å². The maximum atomic E-state index is 11.7. The first-order chi connectivity index (χ1) is 8.38. The number of carbonyl (C=O) groups is 1. The fraction of sp³-hybridized carbons (Fsp3) is 0.308. The van der Waals surface area contributed by atoms with Crippen molar-refractivity contribution in [2.75, 3.05) is 25.5 Å². The summed E-state index contributed by atoms with van der Waals surface area (Å²) in [5.41, 5.74) is 1.65. The number of halogens is 2. The van der Waals surface area contributed by atoms with Gasteiger partial charge in [0.25, 0.3) is 0 Å². The number of carbonyl (C=O) groups excluding carboxylic acids is 1. The first-order valence-corrected chi connectivity index (χ1v) is 6.22. The van der Waals surface area contributed by atoms with Crippen LogP contribution in [0.1, 0.15) is 6.92 Å². The highest BCUT2D eigenvalue weighted by atomic mass is 35.5. The summed E-state index contributed by atoms with van der Waals surface area (Å²) in [6.45, 7) is 6.71. The molecule has 1 N–H and O–H groups in total. The first-order valence-electron chi connectivity index (χ1n) is 5.46. The van der Waals surface area contributed by atoms with Crippen LogP contribution in [0.3, 0.4) is 0 Å². The number of anilines is 1. The molecular weight excluding hydrogens is 271 g/mol. The van der Waals surface area contributed by atoms with Crippen molar-refractivity contribution in [1.29, 1.82) is 0 Å². The van der Waals surface area contributed by atoms with E-state index in [1.54, 1.807) is 18.2 Å². The smallest absolute Gasteiger partial charge is 0.238 e. The van der Waals surface area contributed by atoms with Crippen LogP contribution in [0.25, 0.3) is 0 Å². The van der Waals surface area contributed by atoms with Crippen molar-refractivity contribution in [2.24, 2.45) is 0 Å². The highest BCUT2D eigenvalue weighted by Crippen LogP contribution is 2.24. The number of likely N-dealkylation sites (N-methyl/N-ethyl adjacent to an activating group) is 1. The molecule has 0 spiro atoms. The van der Waals surface area contributed by atoms with Crippen LogP contribution >= 0.6 is 23.2 Å². The zero-order chi connectivity index (χ0) is 13.7. The summed E-state index contributed by atoms with van der Waals surface area (Å²) in [5.74, 6) is -0.0999. The zero-order valence-corrected chi connectivity index (χ0v) is 12.0. The molecule has 0 unspecified atom stereocenters. The number of rotatable bonds is 5. The largest absolute Gasteiger partial charge is 0.325 e. The second-order valence-electron chi connectivity index (χ2n) is 4.31. The van der Waals surface area contributed by atoms with Crippen molar-refractivity contribution in [3.05, 3.63) is 40.4 Å². The number of amides is 1. The number of nitrogens with one attached hydrogen (secondary N) is 1. The van der Waals surface area contributed by atoms with Gasteiger partial charge in [-0.25, -0.2) is 0 Å². The highest BCUT2D eigenvalue weighted by molar-refractivity contribution is 6.42. The van der Waals surface area contributed by atoms with Gasteiger partial charge in [0.15, 0.2) is 0 Å². The van der Waals surface area contributed by atoms with Gasteiger partial charge in [0, 0.05) is 12.2 Å². The maximum Gasteiger partial charge on any atom is 0.238 e. The van der Waals surface area contributed by atoms with E-state index >= 15 is 0 Å². The van der Waals surface area contributed by atoms with Crippen molar-refractivity contribution in [1.82, 2.24) is 4.90 Å². The lowest BCUT2D eigenvalue weighted by Crippen LogP contribution is -2.31. The normalized spacial score (nSPS) is 10.5. The molecule has 5 heteroatoms. The van der Waals surface area contributed by atoms with Gasteiger partial charge in [0.05, 0.1) is 16.6 Å². The Bertz CT molecular complexity index is 460. The van der Waals surface area contributed by atoms with Gasteiger partial charge in [0.1, 0.15) is 0 Å². The van der Waals surface area contributed by atoms with Gasteiger partial charge in [-0.15, -0.1) is 0 Å². The van der Waals surface area contributed by atoms with Crippen LogP contribution in [-0.4, -0.2) is 30.9 Å². The minimum absolute atomic E-state index is 0.0999. The second kappa shape index (κ2) is 6.78. The Kier molecular flexibility index (Phi) is 5.66. The Morgan fingerprint density at radius 3 is 2.56 bits per heavy atom. The van der Waals surface area contributed by atoms with Crippen molar-refractivity contribution in [3.63, 3.8) is 0 Å². The molecule has 0 saturated carbocycles. The fourth-order valence-corrected chi connectivity index (χ4v) is 1.83. The van der Waals surface area contributed by atoms with Crippen molar-refractivity contribution >= 4 is 34.8 Å². The first kappa shape index (κ1) is 15.0. The van der Waals surface area contributed by atoms with Gasteiger partial charge in [-0.05, 0) is 32.2 Å². The molecule has 3 nitrogen and oxygen atoms in total. The van der Waals surface area contributed by atoms with Crippen LogP contribution in [0, 0.1) is 0 Å². The highest BCUT2D eigenvalue weighted by Gasteiger charge is 2.07. The third-order valence-corrected chi connectivity index (χ3v) is 2.90. The fourth-order valence-electron chi connectivity index (χ4n) is 1.54. The predicted molar refractivity (Wildman–Crippen MR) is 77.4 cm³/mol. The molecule has 0 heterocycles. The van der Waals surface area contributed by atoms with E-state index in [0.29, 0.717) is 28.8 Å². The topological polar surface area (TPSA) is 32.3 Å². The van der Waals surface area contributed by atoms with E-state index in [9.17, 15) is 4.79 Å². The number of nitrogens with zero attached hydrogens (tertiary/aromatic N) is 1. The van der Waals surface area contributed by atoms with Crippen molar-refractivity contribution < 1.29 is 4.79 Å². The lowest BCUT2D eigenvalue weighted by molar-refractivity contribution is -0.116. The molecule has 18 heavy (non-hydrogen) atoms. The van der Waals surface area contributed by atoms with E-state index in [0.717, 1.165) is 5.57 Å². The minimum atomic E-state index is -0.0999. The van der Waals surface area contributed by atoms with Gasteiger partial charge < -0.3 is 5.32 Å². The molecule has 98 valence electrons. The number of hydrogen-bond donors (Lipinski definition) is 1. The third kappa shape index (κ3) is 5.08. The second-order valence-corrected chi connectivity index (χ2v) is 5.12. The summed E-state index contributed by atoms with van der Waals surface area (Å²) in [5, 5.41) is 3.65. The van der Waals surface area contributed by atoms with Gasteiger partial charge in [0.2, 0.25) is 5.91 Å². The van der Waals surface area contributed by atoms with E-state index < -0.39 is 0 Å². The molecule has 0 atom stereocenters. The molecule has 1 amide bonds. The summed E-state index contributed by atoms with van der Waals surface area (Å²) >= 11 is 11.7. The average molecular weight is 287 g/mol. The monoisotopic (exact) mass is 286 g/mol. The Morgan fingerprint density at radius 1 is 1.33 bits per heavy atom. The number of benzene rings is 1. The Balaban J connectivity index is 2.54. The van der Waals surface area contributed by atoms with E-state index in [1.165, 1.54) is 0 Å². The number of hydrogen-bond acceptors (Lipinski definition) is 2. The molecule has 0 bridgehead atoms. The van der Waals surface area contributed by atoms with Gasteiger partial charge in [-0.2, -0.15) is 0 Å². The van der Waals surface area contributed by atoms with Crippen molar-refractivity contribution in [3.8, 4) is 0 Å². The molecule has 0 aliphatic carbocycles. The molecule has 0 aliphatic rings. The maximum absolute atomic E-state index is 11.7. The minimum Gasteiger partial charge on any atom is -0.325 e. The summed E-state index contributed by atoms with van der Waals surface area (Å²) in [4.78, 5) is 13.6. The molecular formula is C13H16Cl2N2O. The predicted octanol–water partition coefficient (Wildman–Crippen LogP) is 3.44. The summed E-state index contributed by atoms with van der Waals surface area (Å²) < 4.78 is 0. The molecule has 0 aliphatic heterocycles. The van der Waals surface area contributed by atoms with Crippen molar-refractivity contribution in [2.45, 2.75) is 6.92 Å². The molecule has 0 radical (unpaired) electrons. The SMILES string of the molecule is C=C(C)CN(C)CC(=O)Nc1ccc(Cl)c(Cl)c1. The van der Waals surface area contributed by atoms with E-state index in [4.69, 9.17) is 23.2 Å². The Morgan fingerprint density at radius 2 is 2.00 bits per heavy atom. The Hall–Kier alpha value is -1.03. The average Bonchev–Trinajstić information content (AvgIpc) is 2.21. The quantitative estimate of drug-likeness (QED) is 0.841. The molecule has 0 aromatic heterocycles. The molecule has 1 aromatic carbocycles.